The summed E-state index contributed by atoms with van der Waals surface area (Å²) >= 11 is 0. The molecule has 34 nitrogen and oxygen atoms in total. The average molecular weight is 1720 g/mol. The highest BCUT2D eigenvalue weighted by Gasteiger charge is 2.50. The van der Waals surface area contributed by atoms with Gasteiger partial charge in [0.2, 0.25) is 11.6 Å². The Morgan fingerprint density at radius 3 is 1.38 bits per heavy atom. The Morgan fingerprint density at radius 1 is 0.536 bits per heavy atom. The number of nitrogens with one attached hydrogen (secondary N) is 2. The molecule has 6 aliphatic rings. The number of hydrogen-bond acceptors (Lipinski definition) is 30. The Kier molecular flexibility index (Phi) is 25.4. The quantitative estimate of drug-likeness (QED) is 0.0203. The van der Waals surface area contributed by atoms with Crippen LogP contribution in [-0.4, -0.2) is 180 Å². The van der Waals surface area contributed by atoms with Crippen LogP contribution >= 0.6 is 0 Å². The first-order valence-electron chi connectivity index (χ1n) is 40.2. The molecule has 16 N–H and O–H groups in total. The highest BCUT2D eigenvalue weighted by molar-refractivity contribution is 6.31. The molecule has 16 rings (SSSR count). The van der Waals surface area contributed by atoms with Crippen LogP contribution in [0.1, 0.15) is 174 Å². The minimum atomic E-state index is -1.07. The molecule has 4 aliphatic carbocycles. The lowest BCUT2D eigenvalue weighted by Crippen LogP contribution is -2.52. The molecule has 6 unspecified atom stereocenters. The van der Waals surface area contributed by atoms with Crippen LogP contribution < -0.4 is 58.5 Å². The fraction of sp³-hybridized carbons (Fsp3) is 0.352. The van der Waals surface area contributed by atoms with Gasteiger partial charge in [-0.05, 0) is 171 Å². The van der Waals surface area contributed by atoms with Crippen molar-refractivity contribution in [2.75, 3.05) is 40.6 Å². The molecule has 0 saturated carbocycles. The number of carbonyl (C=O) groups excluding carboxylic acids is 7. The molecule has 2 aliphatic heterocycles. The van der Waals surface area contributed by atoms with Crippen LogP contribution in [0.3, 0.4) is 0 Å². The van der Waals surface area contributed by atoms with Crippen LogP contribution in [0.4, 0.5) is 0 Å². The molecule has 2 aromatic heterocycles. The summed E-state index contributed by atoms with van der Waals surface area (Å²) < 4.78 is 59.6. The zero-order valence-corrected chi connectivity index (χ0v) is 69.3. The van der Waals surface area contributed by atoms with E-state index >= 15 is 0 Å². The second-order valence-electron chi connectivity index (χ2n) is 32.6. The number of ketones is 5. The van der Waals surface area contributed by atoms with E-state index in [1.54, 1.807) is 75.4 Å². The molecule has 12 atom stereocenters. The van der Waals surface area contributed by atoms with E-state index < -0.39 is 156 Å². The van der Waals surface area contributed by atoms with E-state index in [4.69, 9.17) is 64.0 Å². The molecule has 2 saturated heterocycles. The molecule has 4 heterocycles. The third-order valence-electron chi connectivity index (χ3n) is 23.9. The van der Waals surface area contributed by atoms with E-state index in [2.05, 4.69) is 5.32 Å². The topological polar surface area (TPSA) is 528 Å². The number of rotatable bonds is 21. The number of benzene rings is 8. The Labute approximate surface area is 713 Å². The van der Waals surface area contributed by atoms with Crippen molar-refractivity contribution >= 4 is 62.9 Å². The van der Waals surface area contributed by atoms with Crippen LogP contribution in [0.2, 0.25) is 0 Å². The van der Waals surface area contributed by atoms with Gasteiger partial charge in [-0.15, -0.1) is 0 Å². The summed E-state index contributed by atoms with van der Waals surface area (Å²) in [6.07, 6.45) is -4.71. The molecule has 8 aromatic carbocycles. The first-order valence-corrected chi connectivity index (χ1v) is 40.2. The molecular weight excluding hydrogens is 1620 g/mol. The van der Waals surface area contributed by atoms with Crippen LogP contribution in [0.5, 0.6) is 46.0 Å². The summed E-state index contributed by atoms with van der Waals surface area (Å²) in [5.74, 6) is -0.326. The van der Waals surface area contributed by atoms with Gasteiger partial charge in [0.25, 0.3) is 11.8 Å². The van der Waals surface area contributed by atoms with Gasteiger partial charge in [0, 0.05) is 69.9 Å². The lowest BCUT2D eigenvalue weighted by atomic mass is 9.66. The minimum absolute atomic E-state index is 0.00193. The molecule has 2 fully saturated rings. The SMILES string of the molecule is COc1cccc2c1C(=O)c1c(cc3c(c1O)[C@@H](OC1CC(N)C(O)[C@H](C)O1)C[C@](C)(/C(=C/NC(=O)COc1ccc(Cn4c(=O)oc5ccc(C)cc54)cc1O)CO)C3)C2=O.COc1cccc2c1C(=O)c1c(cc3c(c1O)[C@@H](OC1CC(N)C(O)[C@H](C)O1)C[C@](C)(C(=O)CO)C3)C2=O.Cc1ccc2oc(=O)n(Cc3ccc(OCC(=O)NN)c(O)c3)c2c1. The molecule has 656 valence electrons. The third-order valence-corrected chi connectivity index (χ3v) is 23.9. The van der Waals surface area contributed by atoms with Crippen molar-refractivity contribution in [3.63, 3.8) is 0 Å². The molecule has 125 heavy (non-hydrogen) atoms. The van der Waals surface area contributed by atoms with Gasteiger partial charge in [-0.25, -0.2) is 15.4 Å². The van der Waals surface area contributed by atoms with E-state index in [-0.39, 0.29) is 148 Å². The van der Waals surface area contributed by atoms with Crippen LogP contribution in [0.25, 0.3) is 22.2 Å². The number of aryl methyl sites for hydroxylation is 2. The fourth-order valence-electron chi connectivity index (χ4n) is 17.2. The number of aromatic hydroxyl groups is 4. The van der Waals surface area contributed by atoms with Crippen molar-refractivity contribution in [2.24, 2.45) is 28.1 Å². The predicted molar refractivity (Wildman–Crippen MR) is 446 cm³/mol. The summed E-state index contributed by atoms with van der Waals surface area (Å²) in [7, 11) is 2.78. The fourth-order valence-corrected chi connectivity index (χ4v) is 17.2. The van der Waals surface area contributed by atoms with Gasteiger partial charge in [-0.1, -0.05) is 62.4 Å². The number of ether oxygens (including phenoxy) is 8. The zero-order valence-electron chi connectivity index (χ0n) is 69.3. The molecule has 34 heteroatoms. The van der Waals surface area contributed by atoms with E-state index in [1.807, 2.05) is 50.5 Å². The van der Waals surface area contributed by atoms with E-state index in [0.717, 1.165) is 11.1 Å². The number of Topliss-reactive ketones (excluding diaryl/α,β-unsaturated/α-hetero) is 1. The molecule has 0 bridgehead atoms. The number of fused-ring (bicyclic) bond motifs is 8. The van der Waals surface area contributed by atoms with Crippen LogP contribution in [0.15, 0.2) is 152 Å². The van der Waals surface area contributed by atoms with Crippen molar-refractivity contribution in [2.45, 2.75) is 154 Å². The second-order valence-corrected chi connectivity index (χ2v) is 32.6. The number of aliphatic hydroxyl groups is 4. The Hall–Kier alpha value is -12.7. The van der Waals surface area contributed by atoms with Crippen molar-refractivity contribution in [3.05, 3.63) is 243 Å². The number of phenols is 4. The molecule has 0 spiro atoms. The number of nitrogens with two attached hydrogens (primary N) is 3. The van der Waals surface area contributed by atoms with Gasteiger partial charge >= 0.3 is 11.5 Å². The largest absolute Gasteiger partial charge is 0.507 e. The number of carbonyl (C=O) groups is 7. The van der Waals surface area contributed by atoms with Crippen LogP contribution in [-0.2, 0) is 59.3 Å². The third kappa shape index (κ3) is 17.4. The van der Waals surface area contributed by atoms with Gasteiger partial charge in [0.05, 0.1) is 104 Å². The number of hydrazine groups is 1. The van der Waals surface area contributed by atoms with E-state index in [0.29, 0.717) is 50.0 Å². The first-order chi connectivity index (χ1) is 59.6. The number of amides is 2. The molecule has 10 aromatic rings. The maximum absolute atomic E-state index is 14.1. The van der Waals surface area contributed by atoms with Gasteiger partial charge < -0.3 is 104 Å². The summed E-state index contributed by atoms with van der Waals surface area (Å²) in [5, 5.41) is 88.0. The number of aliphatic hydroxyl groups excluding tert-OH is 4. The normalized spacial score (nSPS) is 23.0. The lowest BCUT2D eigenvalue weighted by molar-refractivity contribution is -0.245. The predicted octanol–water partition coefficient (Wildman–Crippen LogP) is 6.65. The Balaban J connectivity index is 0.000000170. The van der Waals surface area contributed by atoms with Gasteiger partial charge in [0.15, 0.2) is 77.3 Å². The second kappa shape index (κ2) is 35.9. The van der Waals surface area contributed by atoms with Gasteiger partial charge in [-0.2, -0.15) is 0 Å². The summed E-state index contributed by atoms with van der Waals surface area (Å²) in [6, 6.07) is 31.3. The summed E-state index contributed by atoms with van der Waals surface area (Å²) in [5.41, 5.74) is 19.6. The number of methoxy groups -OCH3 is 2. The van der Waals surface area contributed by atoms with E-state index in [9.17, 15) is 84.0 Å². The number of oxazole rings is 2. The maximum atomic E-state index is 14.1. The van der Waals surface area contributed by atoms with Crippen LogP contribution in [0, 0.1) is 24.7 Å². The molecule has 2 amide bonds. The van der Waals surface area contributed by atoms with Crippen molar-refractivity contribution < 1.29 is 121 Å². The van der Waals surface area contributed by atoms with Crippen molar-refractivity contribution in [1.29, 1.82) is 0 Å². The smallest absolute Gasteiger partial charge is 0.420 e. The monoisotopic (exact) mass is 1720 g/mol. The highest BCUT2D eigenvalue weighted by Crippen LogP contribution is 2.55. The first kappa shape index (κ1) is 88.6. The minimum Gasteiger partial charge on any atom is -0.507 e. The van der Waals surface area contributed by atoms with Gasteiger partial charge in [-0.3, -0.25) is 48.1 Å². The van der Waals surface area contributed by atoms with Crippen molar-refractivity contribution in [1.82, 2.24) is 19.9 Å². The molecule has 0 radical (unpaired) electrons. The zero-order chi connectivity index (χ0) is 89.7. The Bertz CT molecular complexity index is 6120. The number of aromatic nitrogens is 2. The van der Waals surface area contributed by atoms with Crippen molar-refractivity contribution in [3.8, 4) is 46.0 Å². The number of nitrogens with zero attached hydrogens (tertiary/aromatic N) is 2. The number of phenolic OH excluding ortho intramolecular Hbond substituents is 4. The van der Waals surface area contributed by atoms with Gasteiger partial charge in [0.1, 0.15) is 29.6 Å². The average Bonchev–Trinajstić information content (AvgIpc) is 1.70. The Morgan fingerprint density at radius 2 is 0.968 bits per heavy atom. The lowest BCUT2D eigenvalue weighted by Gasteiger charge is -2.44. The summed E-state index contributed by atoms with van der Waals surface area (Å²) in [6.45, 7) is 9.01. The maximum Gasteiger partial charge on any atom is 0.420 e. The highest BCUT2D eigenvalue weighted by atomic mass is 16.7. The summed E-state index contributed by atoms with van der Waals surface area (Å²) in [4.78, 5) is 117. The van der Waals surface area contributed by atoms with E-state index in [1.165, 1.54) is 72.0 Å². The number of hydrogen-bond donors (Lipinski definition) is 13. The molecular formula is C91H95N7O27. The standard InChI is InChI=1S/C46H47N3O13.C28H31NO9.C17H17N3O5/c1-22-8-10-32-30(12-22)49(45(57)62-32)19-24-9-11-33(31(51)13-24)59-21-36(52)48-18-26(20-50)46(3)16-25-14-28-40(44(56)39-27(42(28)54)6-5-7-34(39)58-4)43(55)38(25)35(17-46)61-37-15-29(47)41(53)23(2)60-37;1-12-24(32)16(29)8-20(37-12)38-18-10-28(2,19(31)11-30)9-13-7-15-23(26(34)21(13)18)27(35)22-14(25(15)33)5-4-6-17(22)36-3;1-10-2-4-14-12(6-10)20(17(23)25-14)8-11-3-5-15(13(21)7-11)24-9-16(22)19-18/h5-14,18,23,29,35,37,41,50-51,53,55H,15-17,19-21,47H2,1-4H3,(H,48,52);4-7,12,16,18,20,24,30,32,34H,8-11,29H2,1-3H3;2-7,21H,8-9,18H2,1H3,(H,19,22)/b26-18+;;/t23-,29?,35-,37?,41?,46+;12-,16?,18-,20?,24?,28+;/m00./s1.